The third-order valence-electron chi connectivity index (χ3n) is 3.42. The Labute approximate surface area is 124 Å². The van der Waals surface area contributed by atoms with Gasteiger partial charge in [0.25, 0.3) is 0 Å². The van der Waals surface area contributed by atoms with E-state index in [1.54, 1.807) is 0 Å². The molecule has 0 bridgehead atoms. The molecule has 1 saturated heterocycles. The number of nitrogens with zero attached hydrogens (tertiary/aromatic N) is 2. The first-order valence-electron chi connectivity index (χ1n) is 6.71. The predicted octanol–water partition coefficient (Wildman–Crippen LogP) is 0.919. The van der Waals surface area contributed by atoms with Crippen LogP contribution < -0.4 is 10.6 Å². The molecule has 1 aliphatic heterocycles. The molecule has 2 heterocycles. The van der Waals surface area contributed by atoms with Crippen LogP contribution in [0.15, 0.2) is 6.07 Å². The number of nitrogens with two attached hydrogens (primary N) is 1. The zero-order valence-corrected chi connectivity index (χ0v) is 12.9. The lowest BCUT2D eigenvalue weighted by Gasteiger charge is -2.38. The van der Waals surface area contributed by atoms with Crippen molar-refractivity contribution in [3.8, 4) is 0 Å². The monoisotopic (exact) mass is 295 g/mol. The van der Waals surface area contributed by atoms with Crippen molar-refractivity contribution < 1.29 is 9.84 Å². The van der Waals surface area contributed by atoms with E-state index in [2.05, 4.69) is 9.88 Å². The summed E-state index contributed by atoms with van der Waals surface area (Å²) in [4.78, 5) is 6.96. The SMILES string of the molecule is Cc1cc(N2CC(C)OC(CO)C2)c(C(N)=S)c(C)n1. The molecule has 0 aromatic carbocycles. The van der Waals surface area contributed by atoms with Gasteiger partial charge < -0.3 is 20.5 Å². The van der Waals surface area contributed by atoms with E-state index in [1.807, 2.05) is 26.8 Å². The van der Waals surface area contributed by atoms with Crippen molar-refractivity contribution in [2.24, 2.45) is 5.73 Å². The Morgan fingerprint density at radius 3 is 2.85 bits per heavy atom. The molecule has 6 heteroatoms. The van der Waals surface area contributed by atoms with Crippen molar-refractivity contribution in [2.75, 3.05) is 24.6 Å². The van der Waals surface area contributed by atoms with Gasteiger partial charge in [-0.3, -0.25) is 4.98 Å². The molecule has 1 aliphatic rings. The van der Waals surface area contributed by atoms with Crippen molar-refractivity contribution >= 4 is 22.9 Å². The molecule has 2 atom stereocenters. The van der Waals surface area contributed by atoms with Gasteiger partial charge >= 0.3 is 0 Å². The highest BCUT2D eigenvalue weighted by Gasteiger charge is 2.27. The summed E-state index contributed by atoms with van der Waals surface area (Å²) in [6.07, 6.45) is -0.138. The zero-order valence-electron chi connectivity index (χ0n) is 12.1. The third-order valence-corrected chi connectivity index (χ3v) is 3.63. The molecule has 0 radical (unpaired) electrons. The Kier molecular flexibility index (Phi) is 4.57. The number of rotatable bonds is 3. The number of aliphatic hydroxyl groups is 1. The van der Waals surface area contributed by atoms with Gasteiger partial charge in [0.2, 0.25) is 0 Å². The average Bonchev–Trinajstić information content (AvgIpc) is 2.36. The second-order valence-electron chi connectivity index (χ2n) is 5.26. The van der Waals surface area contributed by atoms with Crippen LogP contribution in [0.5, 0.6) is 0 Å². The molecule has 20 heavy (non-hydrogen) atoms. The van der Waals surface area contributed by atoms with Crippen molar-refractivity contribution in [3.05, 3.63) is 23.0 Å². The lowest BCUT2D eigenvalue weighted by Crippen LogP contribution is -2.48. The van der Waals surface area contributed by atoms with E-state index in [9.17, 15) is 5.11 Å². The van der Waals surface area contributed by atoms with E-state index in [0.717, 1.165) is 29.2 Å². The zero-order chi connectivity index (χ0) is 14.9. The molecule has 0 saturated carbocycles. The van der Waals surface area contributed by atoms with E-state index in [4.69, 9.17) is 22.7 Å². The number of pyridine rings is 1. The van der Waals surface area contributed by atoms with Crippen LogP contribution in [0.1, 0.15) is 23.9 Å². The molecule has 2 unspecified atom stereocenters. The lowest BCUT2D eigenvalue weighted by atomic mass is 10.1. The number of morpholine rings is 1. The first-order chi connectivity index (χ1) is 9.42. The molecule has 110 valence electrons. The second kappa shape index (κ2) is 6.03. The number of anilines is 1. The maximum atomic E-state index is 9.35. The summed E-state index contributed by atoms with van der Waals surface area (Å²) in [7, 11) is 0. The molecule has 0 aliphatic carbocycles. The second-order valence-corrected chi connectivity index (χ2v) is 5.70. The van der Waals surface area contributed by atoms with Gasteiger partial charge in [0.15, 0.2) is 0 Å². The molecule has 5 nitrogen and oxygen atoms in total. The van der Waals surface area contributed by atoms with E-state index in [1.165, 1.54) is 0 Å². The van der Waals surface area contributed by atoms with Crippen LogP contribution >= 0.6 is 12.2 Å². The fourth-order valence-corrected chi connectivity index (χ4v) is 2.96. The summed E-state index contributed by atoms with van der Waals surface area (Å²) < 4.78 is 5.68. The van der Waals surface area contributed by atoms with Crippen LogP contribution in [0.2, 0.25) is 0 Å². The molecule has 1 fully saturated rings. The summed E-state index contributed by atoms with van der Waals surface area (Å²) in [5.74, 6) is 0. The largest absolute Gasteiger partial charge is 0.394 e. The smallest absolute Gasteiger partial charge is 0.107 e. The fraction of sp³-hybridized carbons (Fsp3) is 0.571. The highest BCUT2D eigenvalue weighted by molar-refractivity contribution is 7.80. The number of aromatic nitrogens is 1. The summed E-state index contributed by atoms with van der Waals surface area (Å²) in [6, 6.07) is 1.99. The Hall–Kier alpha value is -1.24. The highest BCUT2D eigenvalue weighted by Crippen LogP contribution is 2.27. The van der Waals surface area contributed by atoms with E-state index in [0.29, 0.717) is 11.5 Å². The van der Waals surface area contributed by atoms with Gasteiger partial charge in [-0.2, -0.15) is 0 Å². The van der Waals surface area contributed by atoms with Gasteiger partial charge in [0.05, 0.1) is 30.1 Å². The topological polar surface area (TPSA) is 71.6 Å². The number of aryl methyl sites for hydroxylation is 2. The Balaban J connectivity index is 2.43. The predicted molar refractivity (Wildman–Crippen MR) is 83.2 cm³/mol. The summed E-state index contributed by atoms with van der Waals surface area (Å²) in [5.41, 5.74) is 9.42. The number of hydrogen-bond donors (Lipinski definition) is 2. The molecule has 2 rings (SSSR count). The Morgan fingerprint density at radius 1 is 1.55 bits per heavy atom. The highest BCUT2D eigenvalue weighted by atomic mass is 32.1. The maximum absolute atomic E-state index is 9.35. The van der Waals surface area contributed by atoms with Crippen LogP contribution in [0.25, 0.3) is 0 Å². The minimum atomic E-state index is -0.188. The van der Waals surface area contributed by atoms with Gasteiger partial charge in [-0.05, 0) is 26.8 Å². The van der Waals surface area contributed by atoms with Crippen LogP contribution in [-0.2, 0) is 4.74 Å². The van der Waals surface area contributed by atoms with E-state index in [-0.39, 0.29) is 18.8 Å². The van der Waals surface area contributed by atoms with Crippen LogP contribution in [0, 0.1) is 13.8 Å². The van der Waals surface area contributed by atoms with Crippen LogP contribution in [0.4, 0.5) is 5.69 Å². The van der Waals surface area contributed by atoms with E-state index < -0.39 is 0 Å². The maximum Gasteiger partial charge on any atom is 0.107 e. The van der Waals surface area contributed by atoms with Gasteiger partial charge in [-0.15, -0.1) is 0 Å². The summed E-state index contributed by atoms with van der Waals surface area (Å²) in [6.45, 7) is 7.24. The molecular formula is C14H21N3O2S. The summed E-state index contributed by atoms with van der Waals surface area (Å²) in [5, 5.41) is 9.35. The first kappa shape index (κ1) is 15.2. The van der Waals surface area contributed by atoms with E-state index >= 15 is 0 Å². The van der Waals surface area contributed by atoms with Gasteiger partial charge in [-0.25, -0.2) is 0 Å². The standard InChI is InChI=1S/C14H21N3O2S/c1-8-4-12(13(14(15)20)10(3)16-8)17-5-9(2)19-11(6-17)7-18/h4,9,11,18H,5-7H2,1-3H3,(H2,15,20). The number of hydrogen-bond acceptors (Lipinski definition) is 5. The first-order valence-corrected chi connectivity index (χ1v) is 7.12. The molecule has 1 aromatic heterocycles. The third kappa shape index (κ3) is 3.08. The number of aliphatic hydroxyl groups excluding tert-OH is 1. The molecule has 1 aromatic rings. The number of ether oxygens (including phenoxy) is 1. The van der Waals surface area contributed by atoms with Crippen LogP contribution in [0.3, 0.4) is 0 Å². The quantitative estimate of drug-likeness (QED) is 0.808. The minimum Gasteiger partial charge on any atom is -0.394 e. The van der Waals surface area contributed by atoms with Crippen molar-refractivity contribution in [2.45, 2.75) is 33.0 Å². The van der Waals surface area contributed by atoms with Crippen molar-refractivity contribution in [3.63, 3.8) is 0 Å². The van der Waals surface area contributed by atoms with Crippen molar-refractivity contribution in [1.82, 2.24) is 4.98 Å². The van der Waals surface area contributed by atoms with Gasteiger partial charge in [0, 0.05) is 24.5 Å². The molecule has 0 amide bonds. The summed E-state index contributed by atoms with van der Waals surface area (Å²) >= 11 is 5.17. The Morgan fingerprint density at radius 2 is 2.25 bits per heavy atom. The number of thiocarbonyl (C=S) groups is 1. The van der Waals surface area contributed by atoms with Gasteiger partial charge in [0.1, 0.15) is 4.99 Å². The molecular weight excluding hydrogens is 274 g/mol. The van der Waals surface area contributed by atoms with Crippen molar-refractivity contribution in [1.29, 1.82) is 0 Å². The fourth-order valence-electron chi connectivity index (χ4n) is 2.70. The lowest BCUT2D eigenvalue weighted by molar-refractivity contribution is -0.0421. The van der Waals surface area contributed by atoms with Gasteiger partial charge in [-0.1, -0.05) is 12.2 Å². The average molecular weight is 295 g/mol. The molecule has 3 N–H and O–H groups in total. The molecule has 0 spiro atoms. The normalized spacial score (nSPS) is 22.9. The van der Waals surface area contributed by atoms with Crippen LogP contribution in [-0.4, -0.2) is 47.0 Å². The minimum absolute atomic E-state index is 0.00624. The Bertz CT molecular complexity index is 521.